The molecule has 0 aliphatic rings. The van der Waals surface area contributed by atoms with Crippen LogP contribution in [0.5, 0.6) is 5.75 Å². The third-order valence-corrected chi connectivity index (χ3v) is 4.95. The van der Waals surface area contributed by atoms with Crippen LogP contribution in [-0.4, -0.2) is 23.0 Å². The Morgan fingerprint density at radius 2 is 1.63 bits per heavy atom. The van der Waals surface area contributed by atoms with Crippen molar-refractivity contribution in [3.05, 3.63) is 72.4 Å². The van der Waals surface area contributed by atoms with E-state index in [2.05, 4.69) is 6.58 Å². The van der Waals surface area contributed by atoms with E-state index in [1.807, 2.05) is 45.2 Å². The third-order valence-electron chi connectivity index (χ3n) is 3.35. The molecule has 1 N–H and O–H groups in total. The van der Waals surface area contributed by atoms with Gasteiger partial charge in [0.2, 0.25) is 0 Å². The smallest absolute Gasteiger partial charge is 0.344 e. The highest BCUT2D eigenvalue weighted by Gasteiger charge is 2.20. The molecule has 0 aliphatic heterocycles. The van der Waals surface area contributed by atoms with Gasteiger partial charge in [-0.1, -0.05) is 18.7 Å². The fourth-order valence-electron chi connectivity index (χ4n) is 2.06. The SMILES string of the molecule is C=C(C)C(=O)OCc1cc(I)c(OC(=O)c2ccccc2C(=O)O)c(I)c1. The van der Waals surface area contributed by atoms with Crippen molar-refractivity contribution in [2.75, 3.05) is 0 Å². The van der Waals surface area contributed by atoms with Gasteiger partial charge in [-0.3, -0.25) is 0 Å². The number of ether oxygens (including phenoxy) is 2. The number of esters is 2. The van der Waals surface area contributed by atoms with Gasteiger partial charge in [-0.05, 0) is 81.9 Å². The van der Waals surface area contributed by atoms with Crippen LogP contribution in [0.3, 0.4) is 0 Å². The van der Waals surface area contributed by atoms with Crippen LogP contribution in [0.4, 0.5) is 0 Å². The Morgan fingerprint density at radius 1 is 1.07 bits per heavy atom. The highest BCUT2D eigenvalue weighted by molar-refractivity contribution is 14.1. The molecular weight excluding hydrogens is 578 g/mol. The summed E-state index contributed by atoms with van der Waals surface area (Å²) in [5.41, 5.74) is 0.873. The Kier molecular flexibility index (Phi) is 7.36. The second-order valence-corrected chi connectivity index (χ2v) is 7.81. The molecule has 140 valence electrons. The number of carbonyl (C=O) groups excluding carboxylic acids is 2. The number of carboxylic acid groups (broad SMARTS) is 1. The van der Waals surface area contributed by atoms with Gasteiger partial charge in [0.05, 0.1) is 18.3 Å². The van der Waals surface area contributed by atoms with Gasteiger partial charge in [0.1, 0.15) is 6.61 Å². The number of hydrogen-bond donors (Lipinski definition) is 1. The molecule has 0 atom stereocenters. The first-order chi connectivity index (χ1) is 12.7. The van der Waals surface area contributed by atoms with E-state index in [1.54, 1.807) is 25.1 Å². The van der Waals surface area contributed by atoms with Gasteiger partial charge < -0.3 is 14.6 Å². The Labute approximate surface area is 182 Å². The van der Waals surface area contributed by atoms with E-state index in [4.69, 9.17) is 9.47 Å². The van der Waals surface area contributed by atoms with Gasteiger partial charge in [0.15, 0.2) is 5.75 Å². The number of hydrogen-bond acceptors (Lipinski definition) is 5. The molecule has 0 saturated heterocycles. The minimum Gasteiger partial charge on any atom is -0.478 e. The predicted molar refractivity (Wildman–Crippen MR) is 115 cm³/mol. The van der Waals surface area contributed by atoms with E-state index >= 15 is 0 Å². The fourth-order valence-corrected chi connectivity index (χ4v) is 4.18. The molecule has 0 amide bonds. The molecule has 0 saturated carbocycles. The lowest BCUT2D eigenvalue weighted by atomic mass is 10.1. The summed E-state index contributed by atoms with van der Waals surface area (Å²) < 4.78 is 11.8. The molecule has 0 bridgehead atoms. The highest BCUT2D eigenvalue weighted by atomic mass is 127. The van der Waals surface area contributed by atoms with Gasteiger partial charge in [0.25, 0.3) is 0 Å². The first-order valence-electron chi connectivity index (χ1n) is 7.55. The van der Waals surface area contributed by atoms with Crippen molar-refractivity contribution in [1.82, 2.24) is 0 Å². The molecule has 0 aliphatic carbocycles. The van der Waals surface area contributed by atoms with Crippen LogP contribution >= 0.6 is 45.2 Å². The Bertz CT molecular complexity index is 913. The molecule has 0 fully saturated rings. The molecule has 2 rings (SSSR count). The number of carboxylic acids is 1. The standard InChI is InChI=1S/C19H14I2O6/c1-10(2)18(24)26-9-11-7-14(20)16(15(21)8-11)27-19(25)13-6-4-3-5-12(13)17(22)23/h3-8H,1,9H2,2H3,(H,22,23). The zero-order valence-corrected chi connectivity index (χ0v) is 18.4. The van der Waals surface area contributed by atoms with E-state index in [1.165, 1.54) is 18.2 Å². The minimum atomic E-state index is -1.21. The summed E-state index contributed by atoms with van der Waals surface area (Å²) in [4.78, 5) is 35.2. The van der Waals surface area contributed by atoms with E-state index in [0.717, 1.165) is 5.56 Å². The van der Waals surface area contributed by atoms with Crippen LogP contribution in [0.15, 0.2) is 48.6 Å². The minimum absolute atomic E-state index is 0.0314. The van der Waals surface area contributed by atoms with Crippen LogP contribution in [0, 0.1) is 7.14 Å². The molecule has 0 spiro atoms. The molecule has 0 aromatic heterocycles. The van der Waals surface area contributed by atoms with Crippen molar-refractivity contribution < 1.29 is 29.0 Å². The van der Waals surface area contributed by atoms with Crippen molar-refractivity contribution >= 4 is 63.1 Å². The van der Waals surface area contributed by atoms with Gasteiger partial charge in [-0.2, -0.15) is 0 Å². The van der Waals surface area contributed by atoms with Crippen molar-refractivity contribution in [2.24, 2.45) is 0 Å². The monoisotopic (exact) mass is 592 g/mol. The maximum atomic E-state index is 12.4. The van der Waals surface area contributed by atoms with Crippen LogP contribution in [0.2, 0.25) is 0 Å². The third kappa shape index (κ3) is 5.51. The number of halogens is 2. The Balaban J connectivity index is 2.22. The predicted octanol–water partition coefficient (Wildman–Crippen LogP) is 4.43. The maximum Gasteiger partial charge on any atom is 0.344 e. The van der Waals surface area contributed by atoms with Crippen LogP contribution in [0.25, 0.3) is 0 Å². The summed E-state index contributed by atoms with van der Waals surface area (Å²) in [7, 11) is 0. The summed E-state index contributed by atoms with van der Waals surface area (Å²) in [6, 6.07) is 9.29. The lowest BCUT2D eigenvalue weighted by Gasteiger charge is -2.12. The van der Waals surface area contributed by atoms with Crippen LogP contribution < -0.4 is 4.74 Å². The van der Waals surface area contributed by atoms with Crippen molar-refractivity contribution in [2.45, 2.75) is 13.5 Å². The van der Waals surface area contributed by atoms with Gasteiger partial charge in [-0.15, -0.1) is 0 Å². The average molecular weight is 592 g/mol. The number of benzene rings is 2. The van der Waals surface area contributed by atoms with E-state index < -0.39 is 17.9 Å². The number of carbonyl (C=O) groups is 3. The van der Waals surface area contributed by atoms with Crippen molar-refractivity contribution in [3.8, 4) is 5.75 Å². The van der Waals surface area contributed by atoms with Crippen LogP contribution in [0.1, 0.15) is 33.2 Å². The quantitative estimate of drug-likeness (QED) is 0.231. The second-order valence-electron chi connectivity index (χ2n) is 5.49. The fraction of sp³-hybridized carbons (Fsp3) is 0.105. The molecule has 0 heterocycles. The molecule has 0 unspecified atom stereocenters. The first kappa shape index (κ1) is 21.4. The molecule has 2 aromatic carbocycles. The summed E-state index contributed by atoms with van der Waals surface area (Å²) in [5.74, 6) is -2.14. The number of aromatic carboxylic acids is 1. The summed E-state index contributed by atoms with van der Waals surface area (Å²) in [6.45, 7) is 5.15. The van der Waals surface area contributed by atoms with E-state index in [9.17, 15) is 19.5 Å². The number of rotatable bonds is 6. The molecule has 2 aromatic rings. The summed E-state index contributed by atoms with van der Waals surface area (Å²) in [6.07, 6.45) is 0. The average Bonchev–Trinajstić information content (AvgIpc) is 2.62. The lowest BCUT2D eigenvalue weighted by Crippen LogP contribution is -2.15. The largest absolute Gasteiger partial charge is 0.478 e. The highest BCUT2D eigenvalue weighted by Crippen LogP contribution is 2.30. The normalized spacial score (nSPS) is 10.2. The van der Waals surface area contributed by atoms with Crippen molar-refractivity contribution in [3.63, 3.8) is 0 Å². The molecule has 8 heteroatoms. The van der Waals surface area contributed by atoms with Gasteiger partial charge in [0, 0.05) is 5.57 Å². The zero-order valence-electron chi connectivity index (χ0n) is 14.1. The topological polar surface area (TPSA) is 89.9 Å². The summed E-state index contributed by atoms with van der Waals surface area (Å²) in [5, 5.41) is 9.21. The van der Waals surface area contributed by atoms with E-state index in [0.29, 0.717) is 18.5 Å². The zero-order chi connectivity index (χ0) is 20.1. The molecule has 0 radical (unpaired) electrons. The van der Waals surface area contributed by atoms with Crippen LogP contribution in [-0.2, 0) is 16.1 Å². The Morgan fingerprint density at radius 3 is 2.15 bits per heavy atom. The van der Waals surface area contributed by atoms with Crippen molar-refractivity contribution in [1.29, 1.82) is 0 Å². The summed E-state index contributed by atoms with van der Waals surface area (Å²) >= 11 is 4.00. The lowest BCUT2D eigenvalue weighted by molar-refractivity contribution is -0.140. The first-order valence-corrected chi connectivity index (χ1v) is 9.71. The van der Waals surface area contributed by atoms with Gasteiger partial charge in [-0.25, -0.2) is 14.4 Å². The Hall–Kier alpha value is -1.95. The van der Waals surface area contributed by atoms with Gasteiger partial charge >= 0.3 is 17.9 Å². The molecule has 6 nitrogen and oxygen atoms in total. The second kappa shape index (κ2) is 9.31. The van der Waals surface area contributed by atoms with E-state index in [-0.39, 0.29) is 17.7 Å². The molecule has 27 heavy (non-hydrogen) atoms. The maximum absolute atomic E-state index is 12.4. The molecular formula is C19H14I2O6.